The monoisotopic (exact) mass is 506 g/mol. The van der Waals surface area contributed by atoms with Crippen molar-refractivity contribution in [2.75, 3.05) is 25.2 Å². The summed E-state index contributed by atoms with van der Waals surface area (Å²) in [5.74, 6) is 4.36. The highest BCUT2D eigenvalue weighted by Crippen LogP contribution is 2.32. The fourth-order valence-corrected chi connectivity index (χ4v) is 2.61. The normalized spacial score (nSPS) is 11.8. The molecule has 1 heterocycles. The lowest BCUT2D eigenvalue weighted by Crippen LogP contribution is -2.41. The van der Waals surface area contributed by atoms with Gasteiger partial charge in [-0.3, -0.25) is 4.79 Å². The zero-order valence-corrected chi connectivity index (χ0v) is 18.4. The van der Waals surface area contributed by atoms with E-state index in [2.05, 4.69) is 26.9 Å². The van der Waals surface area contributed by atoms with Crippen LogP contribution in [0, 0.1) is 12.3 Å². The van der Waals surface area contributed by atoms with Crippen molar-refractivity contribution >= 4 is 41.5 Å². The van der Waals surface area contributed by atoms with E-state index in [0.29, 0.717) is 30.3 Å². The number of guanidine groups is 1. The van der Waals surface area contributed by atoms with Crippen LogP contribution in [0.4, 0.5) is 5.69 Å². The van der Waals surface area contributed by atoms with Gasteiger partial charge in [-0.05, 0) is 42.8 Å². The van der Waals surface area contributed by atoms with Crippen molar-refractivity contribution in [3.63, 3.8) is 0 Å². The summed E-state index contributed by atoms with van der Waals surface area (Å²) in [4.78, 5) is 16.7. The second kappa shape index (κ2) is 11.2. The van der Waals surface area contributed by atoms with Crippen molar-refractivity contribution in [3.05, 3.63) is 53.6 Å². The number of fused-ring (bicyclic) bond motifs is 1. The molecule has 29 heavy (non-hydrogen) atoms. The molecule has 0 fully saturated rings. The number of benzene rings is 2. The lowest BCUT2D eigenvalue weighted by Gasteiger charge is -2.12. The first-order valence-electron chi connectivity index (χ1n) is 8.95. The molecule has 0 unspecified atom stereocenters. The smallest absolute Gasteiger partial charge is 0.243 e. The topological polar surface area (TPSA) is 84.0 Å². The first-order chi connectivity index (χ1) is 13.7. The summed E-state index contributed by atoms with van der Waals surface area (Å²) in [5, 5.41) is 8.95. The standard InChI is InChI=1S/C21H22N4O3.HI/c1-3-15-6-5-7-17(10-15)25-20(26)13-24-21(22-4-2)23-12-16-8-9-18-19(11-16)28-14-27-18;/h1,5-11H,4,12-14H2,2H3,(H,25,26)(H2,22,23,24);1H. The number of amides is 1. The molecule has 0 saturated carbocycles. The van der Waals surface area contributed by atoms with Gasteiger partial charge in [-0.2, -0.15) is 0 Å². The summed E-state index contributed by atoms with van der Waals surface area (Å²) in [6.07, 6.45) is 5.38. The van der Waals surface area contributed by atoms with E-state index in [4.69, 9.17) is 15.9 Å². The van der Waals surface area contributed by atoms with Crippen LogP contribution in [0.3, 0.4) is 0 Å². The number of ether oxygens (including phenoxy) is 2. The molecular weight excluding hydrogens is 483 g/mol. The molecule has 1 aliphatic heterocycles. The van der Waals surface area contributed by atoms with Crippen LogP contribution < -0.4 is 25.4 Å². The van der Waals surface area contributed by atoms with Crippen LogP contribution in [-0.4, -0.2) is 31.7 Å². The Morgan fingerprint density at radius 2 is 2.00 bits per heavy atom. The van der Waals surface area contributed by atoms with Gasteiger partial charge in [-0.15, -0.1) is 30.4 Å². The first kappa shape index (κ1) is 22.4. The van der Waals surface area contributed by atoms with E-state index in [1.165, 1.54) is 0 Å². The third-order valence-corrected chi connectivity index (χ3v) is 3.93. The summed E-state index contributed by atoms with van der Waals surface area (Å²) in [6.45, 7) is 3.40. The van der Waals surface area contributed by atoms with E-state index >= 15 is 0 Å². The lowest BCUT2D eigenvalue weighted by atomic mass is 10.2. The van der Waals surface area contributed by atoms with Gasteiger partial charge in [0, 0.05) is 17.8 Å². The third kappa shape index (κ3) is 6.57. The van der Waals surface area contributed by atoms with Crippen molar-refractivity contribution in [1.29, 1.82) is 0 Å². The Kier molecular flexibility index (Phi) is 8.61. The minimum Gasteiger partial charge on any atom is -0.454 e. The van der Waals surface area contributed by atoms with Crippen LogP contribution in [-0.2, 0) is 11.3 Å². The fraction of sp³-hybridized carbons (Fsp3) is 0.238. The quantitative estimate of drug-likeness (QED) is 0.243. The molecule has 7 nitrogen and oxygen atoms in total. The highest BCUT2D eigenvalue weighted by molar-refractivity contribution is 14.0. The number of hydrogen-bond donors (Lipinski definition) is 3. The Balaban J connectivity index is 0.00000300. The molecule has 0 spiro atoms. The van der Waals surface area contributed by atoms with Crippen molar-refractivity contribution in [1.82, 2.24) is 10.6 Å². The summed E-state index contributed by atoms with van der Waals surface area (Å²) >= 11 is 0. The maximum atomic E-state index is 12.2. The van der Waals surface area contributed by atoms with E-state index < -0.39 is 0 Å². The molecular formula is C21H23IN4O3. The van der Waals surface area contributed by atoms with Crippen LogP contribution in [0.2, 0.25) is 0 Å². The second-order valence-electron chi connectivity index (χ2n) is 6.01. The second-order valence-corrected chi connectivity index (χ2v) is 6.01. The molecule has 2 aromatic rings. The van der Waals surface area contributed by atoms with Gasteiger partial charge in [0.2, 0.25) is 12.7 Å². The van der Waals surface area contributed by atoms with Gasteiger partial charge in [0.1, 0.15) is 0 Å². The molecule has 0 atom stereocenters. The van der Waals surface area contributed by atoms with Gasteiger partial charge < -0.3 is 25.4 Å². The van der Waals surface area contributed by atoms with E-state index in [-0.39, 0.29) is 43.2 Å². The SMILES string of the molecule is C#Cc1cccc(NC(=O)CNC(=NCc2ccc3c(c2)OCO3)NCC)c1.I. The number of aliphatic imine (C=N–C) groups is 1. The molecule has 1 aliphatic rings. The average molecular weight is 506 g/mol. The molecule has 8 heteroatoms. The fourth-order valence-electron chi connectivity index (χ4n) is 2.61. The Bertz CT molecular complexity index is 924. The van der Waals surface area contributed by atoms with Gasteiger partial charge in [-0.1, -0.05) is 18.1 Å². The Morgan fingerprint density at radius 3 is 2.79 bits per heavy atom. The lowest BCUT2D eigenvalue weighted by molar-refractivity contribution is -0.115. The predicted octanol–water partition coefficient (Wildman–Crippen LogP) is 2.71. The van der Waals surface area contributed by atoms with Crippen LogP contribution >= 0.6 is 24.0 Å². The molecule has 0 saturated heterocycles. The van der Waals surface area contributed by atoms with Crippen molar-refractivity contribution in [2.24, 2.45) is 4.99 Å². The predicted molar refractivity (Wildman–Crippen MR) is 124 cm³/mol. The number of rotatable bonds is 6. The molecule has 0 radical (unpaired) electrons. The van der Waals surface area contributed by atoms with E-state index in [0.717, 1.165) is 17.1 Å². The molecule has 0 bridgehead atoms. The average Bonchev–Trinajstić information content (AvgIpc) is 3.18. The van der Waals surface area contributed by atoms with Gasteiger partial charge in [0.25, 0.3) is 0 Å². The van der Waals surface area contributed by atoms with Crippen molar-refractivity contribution < 1.29 is 14.3 Å². The summed E-state index contributed by atoms with van der Waals surface area (Å²) in [6, 6.07) is 12.8. The number of anilines is 1. The molecule has 0 aliphatic carbocycles. The maximum absolute atomic E-state index is 12.2. The van der Waals surface area contributed by atoms with Gasteiger partial charge in [0.05, 0.1) is 13.1 Å². The molecule has 3 rings (SSSR count). The number of halogens is 1. The highest BCUT2D eigenvalue weighted by atomic mass is 127. The first-order valence-corrected chi connectivity index (χ1v) is 8.95. The van der Waals surface area contributed by atoms with E-state index in [9.17, 15) is 4.79 Å². The number of hydrogen-bond acceptors (Lipinski definition) is 4. The Labute approximate surface area is 187 Å². The Hall–Kier alpha value is -2.93. The third-order valence-electron chi connectivity index (χ3n) is 3.93. The molecule has 1 amide bonds. The highest BCUT2D eigenvalue weighted by Gasteiger charge is 2.13. The summed E-state index contributed by atoms with van der Waals surface area (Å²) in [5.41, 5.74) is 2.35. The van der Waals surface area contributed by atoms with Gasteiger partial charge >= 0.3 is 0 Å². The largest absolute Gasteiger partial charge is 0.454 e. The molecule has 2 aromatic carbocycles. The maximum Gasteiger partial charge on any atom is 0.243 e. The molecule has 3 N–H and O–H groups in total. The Morgan fingerprint density at radius 1 is 1.17 bits per heavy atom. The van der Waals surface area contributed by atoms with Crippen LogP contribution in [0.1, 0.15) is 18.1 Å². The van der Waals surface area contributed by atoms with Crippen LogP contribution in [0.5, 0.6) is 11.5 Å². The van der Waals surface area contributed by atoms with Gasteiger partial charge in [0.15, 0.2) is 17.5 Å². The zero-order chi connectivity index (χ0) is 19.8. The number of nitrogens with one attached hydrogen (secondary N) is 3. The molecule has 0 aromatic heterocycles. The van der Waals surface area contributed by atoms with Gasteiger partial charge in [-0.25, -0.2) is 4.99 Å². The van der Waals surface area contributed by atoms with Crippen molar-refractivity contribution in [3.8, 4) is 23.8 Å². The number of terminal acetylenes is 1. The molecule has 152 valence electrons. The van der Waals surface area contributed by atoms with Crippen molar-refractivity contribution in [2.45, 2.75) is 13.5 Å². The summed E-state index contributed by atoms with van der Waals surface area (Å²) < 4.78 is 10.7. The number of carbonyl (C=O) groups excluding carboxylic acids is 1. The number of nitrogens with zero attached hydrogens (tertiary/aromatic N) is 1. The summed E-state index contributed by atoms with van der Waals surface area (Å²) in [7, 11) is 0. The minimum absolute atomic E-state index is 0. The van der Waals surface area contributed by atoms with Crippen LogP contribution in [0.15, 0.2) is 47.5 Å². The van der Waals surface area contributed by atoms with E-state index in [1.54, 1.807) is 24.3 Å². The minimum atomic E-state index is -0.192. The zero-order valence-electron chi connectivity index (χ0n) is 16.0. The van der Waals surface area contributed by atoms with Crippen LogP contribution in [0.25, 0.3) is 0 Å². The number of carbonyl (C=O) groups is 1. The van der Waals surface area contributed by atoms with E-state index in [1.807, 2.05) is 25.1 Å².